The molecule has 1 saturated heterocycles. The molecule has 0 aromatic heterocycles. The van der Waals surface area contributed by atoms with Crippen molar-refractivity contribution in [3.63, 3.8) is 0 Å². The van der Waals surface area contributed by atoms with E-state index in [-0.39, 0.29) is 54.4 Å². The number of halogens is 1. The standard InChI is InChI=1S/C27H24FNO7/c1-32-21-7-13(8-22(33-2)26(21)30)23-16-9-19-20(36-12-35-19)10-17(16)25(18-11-34-27(31)24(18)23)29-15-5-3-14(28)4-6-15/h3-10,18,23-25,29-30H,11-12H2,1-2H3/t18-,23+,24-,25+/m0/s1. The Morgan fingerprint density at radius 2 is 1.58 bits per heavy atom. The first kappa shape index (κ1) is 22.3. The quantitative estimate of drug-likeness (QED) is 0.506. The maximum Gasteiger partial charge on any atom is 0.310 e. The van der Waals surface area contributed by atoms with Crippen LogP contribution >= 0.6 is 0 Å². The summed E-state index contributed by atoms with van der Waals surface area (Å²) < 4.78 is 41.3. The minimum absolute atomic E-state index is 0.106. The van der Waals surface area contributed by atoms with E-state index in [1.807, 2.05) is 12.1 Å². The first-order valence-corrected chi connectivity index (χ1v) is 11.6. The van der Waals surface area contributed by atoms with Gasteiger partial charge in [-0.3, -0.25) is 4.79 Å². The van der Waals surface area contributed by atoms with Crippen LogP contribution in [0.25, 0.3) is 0 Å². The van der Waals surface area contributed by atoms with Crippen LogP contribution in [-0.2, 0) is 9.53 Å². The van der Waals surface area contributed by atoms with Crippen molar-refractivity contribution in [1.29, 1.82) is 0 Å². The number of aromatic hydroxyl groups is 1. The van der Waals surface area contributed by atoms with Crippen LogP contribution in [0, 0.1) is 17.7 Å². The summed E-state index contributed by atoms with van der Waals surface area (Å²) in [6.45, 7) is 0.327. The van der Waals surface area contributed by atoms with Gasteiger partial charge in [-0.05, 0) is 65.2 Å². The number of anilines is 1. The number of hydrogen-bond donors (Lipinski definition) is 2. The lowest BCUT2D eigenvalue weighted by Crippen LogP contribution is -2.37. The van der Waals surface area contributed by atoms with Gasteiger partial charge in [0.1, 0.15) is 5.82 Å². The van der Waals surface area contributed by atoms with Gasteiger partial charge >= 0.3 is 5.97 Å². The van der Waals surface area contributed by atoms with Crippen molar-refractivity contribution in [2.45, 2.75) is 12.0 Å². The smallest absolute Gasteiger partial charge is 0.310 e. The molecule has 4 atom stereocenters. The van der Waals surface area contributed by atoms with E-state index in [2.05, 4.69) is 5.32 Å². The number of benzene rings is 3. The van der Waals surface area contributed by atoms with Crippen molar-refractivity contribution in [2.24, 2.45) is 11.8 Å². The number of esters is 1. The Hall–Kier alpha value is -4.14. The van der Waals surface area contributed by atoms with Crippen molar-refractivity contribution in [1.82, 2.24) is 0 Å². The highest BCUT2D eigenvalue weighted by Gasteiger charge is 2.52. The molecule has 1 fully saturated rings. The predicted octanol–water partition coefficient (Wildman–Crippen LogP) is 4.37. The van der Waals surface area contributed by atoms with Gasteiger partial charge in [-0.15, -0.1) is 0 Å². The first-order valence-electron chi connectivity index (χ1n) is 11.6. The van der Waals surface area contributed by atoms with Gasteiger partial charge < -0.3 is 34.1 Å². The summed E-state index contributed by atoms with van der Waals surface area (Å²) in [7, 11) is 2.92. The molecule has 0 unspecified atom stereocenters. The summed E-state index contributed by atoms with van der Waals surface area (Å²) in [5.74, 6) is -0.283. The van der Waals surface area contributed by atoms with Crippen LogP contribution in [0.5, 0.6) is 28.7 Å². The molecular formula is C27H24FNO7. The van der Waals surface area contributed by atoms with Crippen LogP contribution < -0.4 is 24.3 Å². The van der Waals surface area contributed by atoms with Crippen LogP contribution in [0.2, 0.25) is 0 Å². The summed E-state index contributed by atoms with van der Waals surface area (Å²) >= 11 is 0. The number of carbonyl (C=O) groups excluding carboxylic acids is 1. The van der Waals surface area contributed by atoms with E-state index in [0.29, 0.717) is 11.5 Å². The highest BCUT2D eigenvalue weighted by atomic mass is 19.1. The molecule has 186 valence electrons. The molecule has 0 spiro atoms. The van der Waals surface area contributed by atoms with E-state index in [0.717, 1.165) is 22.4 Å². The van der Waals surface area contributed by atoms with Gasteiger partial charge in [-0.1, -0.05) is 0 Å². The summed E-state index contributed by atoms with van der Waals surface area (Å²) in [4.78, 5) is 13.2. The molecule has 2 aliphatic heterocycles. The van der Waals surface area contributed by atoms with Gasteiger partial charge in [0.25, 0.3) is 0 Å². The number of nitrogens with one attached hydrogen (secondary N) is 1. The monoisotopic (exact) mass is 493 g/mol. The van der Waals surface area contributed by atoms with Crippen molar-refractivity contribution < 1.29 is 38.0 Å². The maximum atomic E-state index is 13.6. The molecule has 3 aromatic rings. The van der Waals surface area contributed by atoms with Crippen LogP contribution in [0.15, 0.2) is 48.5 Å². The van der Waals surface area contributed by atoms with E-state index < -0.39 is 11.8 Å². The summed E-state index contributed by atoms with van der Waals surface area (Å²) in [5.41, 5.74) is 3.22. The second-order valence-corrected chi connectivity index (χ2v) is 9.03. The Balaban J connectivity index is 1.55. The molecule has 36 heavy (non-hydrogen) atoms. The van der Waals surface area contributed by atoms with Crippen molar-refractivity contribution in [3.05, 3.63) is 71.0 Å². The third-order valence-corrected chi connectivity index (χ3v) is 7.21. The Bertz CT molecular complexity index is 1320. The van der Waals surface area contributed by atoms with E-state index in [4.69, 9.17) is 23.7 Å². The average Bonchev–Trinajstić information content (AvgIpc) is 3.51. The highest BCUT2D eigenvalue weighted by Crippen LogP contribution is 2.56. The number of phenols is 1. The molecule has 3 aliphatic rings. The van der Waals surface area contributed by atoms with Gasteiger partial charge in [-0.25, -0.2) is 4.39 Å². The number of carbonyl (C=O) groups is 1. The first-order chi connectivity index (χ1) is 17.5. The Labute approximate surface area is 206 Å². The fraction of sp³-hybridized carbons (Fsp3) is 0.296. The fourth-order valence-electron chi connectivity index (χ4n) is 5.57. The van der Waals surface area contributed by atoms with Crippen molar-refractivity contribution in [2.75, 3.05) is 32.9 Å². The van der Waals surface area contributed by atoms with E-state index in [1.54, 1.807) is 24.3 Å². The zero-order valence-electron chi connectivity index (χ0n) is 19.6. The molecule has 1 aliphatic carbocycles. The van der Waals surface area contributed by atoms with Crippen molar-refractivity contribution in [3.8, 4) is 28.7 Å². The minimum atomic E-state index is -0.533. The predicted molar refractivity (Wildman–Crippen MR) is 126 cm³/mol. The van der Waals surface area contributed by atoms with Crippen LogP contribution in [0.3, 0.4) is 0 Å². The van der Waals surface area contributed by atoms with E-state index >= 15 is 0 Å². The van der Waals surface area contributed by atoms with Crippen LogP contribution in [0.4, 0.5) is 10.1 Å². The SMILES string of the molecule is COc1cc([C@@H]2c3cc4c(cc3[C@@H](Nc3ccc(F)cc3)[C@H]3COC(=O)[C@H]23)OCO4)cc(OC)c1O. The number of cyclic esters (lactones) is 1. The number of methoxy groups -OCH3 is 2. The van der Waals surface area contributed by atoms with Gasteiger partial charge in [0.05, 0.1) is 32.8 Å². The molecule has 0 bridgehead atoms. The highest BCUT2D eigenvalue weighted by molar-refractivity contribution is 5.79. The molecule has 3 aromatic carbocycles. The molecule has 0 amide bonds. The normalized spacial score (nSPS) is 23.5. The second kappa shape index (κ2) is 8.51. The Morgan fingerprint density at radius 1 is 0.944 bits per heavy atom. The number of ether oxygens (including phenoxy) is 5. The third kappa shape index (κ3) is 3.45. The van der Waals surface area contributed by atoms with Gasteiger partial charge in [0.2, 0.25) is 12.5 Å². The maximum absolute atomic E-state index is 13.6. The van der Waals surface area contributed by atoms with Gasteiger partial charge in [0.15, 0.2) is 23.0 Å². The van der Waals surface area contributed by atoms with E-state index in [9.17, 15) is 14.3 Å². The molecule has 6 rings (SSSR count). The molecular weight excluding hydrogens is 469 g/mol. The van der Waals surface area contributed by atoms with Gasteiger partial charge in [0, 0.05) is 17.5 Å². The van der Waals surface area contributed by atoms with Crippen LogP contribution in [0.1, 0.15) is 28.7 Å². The third-order valence-electron chi connectivity index (χ3n) is 7.21. The fourth-order valence-corrected chi connectivity index (χ4v) is 5.57. The van der Waals surface area contributed by atoms with Crippen molar-refractivity contribution >= 4 is 11.7 Å². The average molecular weight is 493 g/mol. The molecule has 2 heterocycles. The zero-order valence-corrected chi connectivity index (χ0v) is 19.6. The largest absolute Gasteiger partial charge is 0.502 e. The number of hydrogen-bond acceptors (Lipinski definition) is 8. The summed E-state index contributed by atoms with van der Waals surface area (Å²) in [6.07, 6.45) is 0. The minimum Gasteiger partial charge on any atom is -0.502 e. The summed E-state index contributed by atoms with van der Waals surface area (Å²) in [6, 6.07) is 13.0. The van der Waals surface area contributed by atoms with Crippen LogP contribution in [-0.4, -0.2) is 38.7 Å². The Kier molecular flexibility index (Phi) is 5.28. The Morgan fingerprint density at radius 3 is 2.22 bits per heavy atom. The topological polar surface area (TPSA) is 95.5 Å². The molecule has 0 radical (unpaired) electrons. The lowest BCUT2D eigenvalue weighted by molar-refractivity contribution is -0.141. The second-order valence-electron chi connectivity index (χ2n) is 9.03. The number of rotatable bonds is 5. The van der Waals surface area contributed by atoms with Gasteiger partial charge in [-0.2, -0.15) is 0 Å². The number of phenolic OH excluding ortho intramolecular Hbond substituents is 1. The van der Waals surface area contributed by atoms with E-state index in [1.165, 1.54) is 26.4 Å². The lowest BCUT2D eigenvalue weighted by Gasteiger charge is -2.40. The molecule has 2 N–H and O–H groups in total. The zero-order chi connectivity index (χ0) is 25.0. The summed E-state index contributed by atoms with van der Waals surface area (Å²) in [5, 5.41) is 14.0. The number of fused-ring (bicyclic) bond motifs is 3. The molecule has 9 heteroatoms. The molecule has 0 saturated carbocycles. The lowest BCUT2D eigenvalue weighted by atomic mass is 9.65. The molecule has 8 nitrogen and oxygen atoms in total.